The van der Waals surface area contributed by atoms with Crippen LogP contribution in [0.2, 0.25) is 0 Å². The third kappa shape index (κ3) is 6.59. The van der Waals surface area contributed by atoms with E-state index in [1.54, 1.807) is 25.8 Å². The van der Waals surface area contributed by atoms with Gasteiger partial charge < -0.3 is 10.4 Å². The Kier molecular flexibility index (Phi) is 7.59. The highest BCUT2D eigenvalue weighted by atomic mass is 16.4. The molecule has 2 N–H and O–H groups in total. The van der Waals surface area contributed by atoms with Crippen LogP contribution in [0.5, 0.6) is 0 Å². The summed E-state index contributed by atoms with van der Waals surface area (Å²) < 4.78 is 0. The van der Waals surface area contributed by atoms with Crippen LogP contribution in [0, 0.1) is 11.8 Å². The van der Waals surface area contributed by atoms with Crippen LogP contribution in [0.1, 0.15) is 34.1 Å². The Hall–Kier alpha value is -1.10. The van der Waals surface area contributed by atoms with E-state index in [1.807, 2.05) is 0 Å². The van der Waals surface area contributed by atoms with E-state index >= 15 is 0 Å². The van der Waals surface area contributed by atoms with Gasteiger partial charge in [0.15, 0.2) is 0 Å². The van der Waals surface area contributed by atoms with E-state index in [-0.39, 0.29) is 11.9 Å². The summed E-state index contributed by atoms with van der Waals surface area (Å²) in [5.41, 5.74) is 0. The van der Waals surface area contributed by atoms with Crippen molar-refractivity contribution in [1.29, 1.82) is 0 Å². The molecule has 0 aliphatic heterocycles. The summed E-state index contributed by atoms with van der Waals surface area (Å²) in [5, 5.41) is 11.7. The van der Waals surface area contributed by atoms with Crippen LogP contribution in [0.25, 0.3) is 0 Å². The number of aliphatic carboxylic acids is 1. The second kappa shape index (κ2) is 8.08. The van der Waals surface area contributed by atoms with E-state index in [0.29, 0.717) is 19.0 Å². The van der Waals surface area contributed by atoms with Crippen LogP contribution in [0.15, 0.2) is 0 Å². The van der Waals surface area contributed by atoms with Gasteiger partial charge in [0, 0.05) is 13.1 Å². The zero-order valence-electron chi connectivity index (χ0n) is 12.1. The van der Waals surface area contributed by atoms with Crippen molar-refractivity contribution in [3.05, 3.63) is 0 Å². The molecule has 0 aromatic heterocycles. The van der Waals surface area contributed by atoms with E-state index < -0.39 is 11.9 Å². The molecule has 106 valence electrons. The molecule has 0 fully saturated rings. The van der Waals surface area contributed by atoms with Gasteiger partial charge in [-0.05, 0) is 26.3 Å². The molecular weight excluding hydrogens is 232 g/mol. The normalized spacial score (nSPS) is 14.6. The molecule has 0 heterocycles. The maximum absolute atomic E-state index is 11.8. The van der Waals surface area contributed by atoms with Crippen LogP contribution in [-0.2, 0) is 9.59 Å². The van der Waals surface area contributed by atoms with E-state index in [0.717, 1.165) is 6.42 Å². The van der Waals surface area contributed by atoms with Crippen LogP contribution in [-0.4, -0.2) is 48.1 Å². The first-order valence-electron chi connectivity index (χ1n) is 6.46. The smallest absolute Gasteiger partial charge is 0.307 e. The van der Waals surface area contributed by atoms with Crippen LogP contribution in [0.4, 0.5) is 0 Å². The van der Waals surface area contributed by atoms with Crippen molar-refractivity contribution >= 4 is 11.9 Å². The molecule has 0 aromatic rings. The van der Waals surface area contributed by atoms with Crippen LogP contribution < -0.4 is 5.32 Å². The van der Waals surface area contributed by atoms with Gasteiger partial charge in [-0.2, -0.15) is 0 Å². The second-order valence-corrected chi connectivity index (χ2v) is 5.33. The third-order valence-electron chi connectivity index (χ3n) is 3.04. The number of hydrogen-bond acceptors (Lipinski definition) is 3. The highest BCUT2D eigenvalue weighted by Gasteiger charge is 2.21. The van der Waals surface area contributed by atoms with E-state index in [1.165, 1.54) is 0 Å². The van der Waals surface area contributed by atoms with E-state index in [2.05, 4.69) is 19.2 Å². The predicted octanol–water partition coefficient (Wildman–Crippen LogP) is 1.19. The number of hydrogen-bond donors (Lipinski definition) is 2. The van der Waals surface area contributed by atoms with Crippen LogP contribution in [0.3, 0.4) is 0 Å². The molecule has 0 radical (unpaired) electrons. The summed E-state index contributed by atoms with van der Waals surface area (Å²) in [7, 11) is 1.77. The molecule has 5 nitrogen and oxygen atoms in total. The van der Waals surface area contributed by atoms with Crippen molar-refractivity contribution < 1.29 is 14.7 Å². The summed E-state index contributed by atoms with van der Waals surface area (Å²) in [4.78, 5) is 24.3. The first kappa shape index (κ1) is 16.9. The molecule has 0 saturated carbocycles. The van der Waals surface area contributed by atoms with Gasteiger partial charge in [0.05, 0.1) is 12.0 Å². The van der Waals surface area contributed by atoms with Crippen molar-refractivity contribution in [2.45, 2.75) is 40.2 Å². The SMILES string of the molecule is CC(C)CCNC(=O)C(C)N(C)CC(C)C(=O)O. The first-order valence-corrected chi connectivity index (χ1v) is 6.46. The Labute approximate surface area is 110 Å². The molecule has 0 aliphatic carbocycles. The summed E-state index contributed by atoms with van der Waals surface area (Å²) in [6.45, 7) is 8.69. The molecule has 18 heavy (non-hydrogen) atoms. The summed E-state index contributed by atoms with van der Waals surface area (Å²) in [6.07, 6.45) is 0.952. The Morgan fingerprint density at radius 2 is 1.78 bits per heavy atom. The summed E-state index contributed by atoms with van der Waals surface area (Å²) >= 11 is 0. The molecule has 5 heteroatoms. The van der Waals surface area contributed by atoms with Gasteiger partial charge in [-0.25, -0.2) is 0 Å². The largest absolute Gasteiger partial charge is 0.481 e. The summed E-state index contributed by atoms with van der Waals surface area (Å²) in [5.74, 6) is -0.795. The molecule has 1 amide bonds. The molecule has 0 aromatic carbocycles. The zero-order valence-corrected chi connectivity index (χ0v) is 12.1. The molecule has 0 saturated heterocycles. The number of carboxylic acid groups (broad SMARTS) is 1. The Bertz CT molecular complexity index is 279. The molecule has 0 bridgehead atoms. The molecule has 0 spiro atoms. The minimum atomic E-state index is -0.839. The van der Waals surface area contributed by atoms with Gasteiger partial charge >= 0.3 is 5.97 Å². The first-order chi connectivity index (χ1) is 8.25. The fourth-order valence-electron chi connectivity index (χ4n) is 1.50. The Morgan fingerprint density at radius 1 is 1.22 bits per heavy atom. The lowest BCUT2D eigenvalue weighted by atomic mass is 10.1. The number of carboxylic acids is 1. The number of likely N-dealkylation sites (N-methyl/N-ethyl adjacent to an activating group) is 1. The number of amides is 1. The highest BCUT2D eigenvalue weighted by molar-refractivity contribution is 5.81. The number of carbonyl (C=O) groups is 2. The van der Waals surface area contributed by atoms with Crippen molar-refractivity contribution in [3.8, 4) is 0 Å². The maximum Gasteiger partial charge on any atom is 0.307 e. The van der Waals surface area contributed by atoms with Gasteiger partial charge in [0.1, 0.15) is 0 Å². The second-order valence-electron chi connectivity index (χ2n) is 5.33. The molecule has 2 unspecified atom stereocenters. The van der Waals surface area contributed by atoms with Crippen molar-refractivity contribution in [2.24, 2.45) is 11.8 Å². The summed E-state index contributed by atoms with van der Waals surface area (Å²) in [6, 6.07) is -0.307. The monoisotopic (exact) mass is 258 g/mol. The van der Waals surface area contributed by atoms with Gasteiger partial charge in [-0.3, -0.25) is 14.5 Å². The van der Waals surface area contributed by atoms with E-state index in [9.17, 15) is 9.59 Å². The van der Waals surface area contributed by atoms with Gasteiger partial charge in [-0.1, -0.05) is 20.8 Å². The van der Waals surface area contributed by atoms with Gasteiger partial charge in [0.25, 0.3) is 0 Å². The zero-order chi connectivity index (χ0) is 14.3. The number of rotatable bonds is 8. The Morgan fingerprint density at radius 3 is 2.22 bits per heavy atom. The fourth-order valence-corrected chi connectivity index (χ4v) is 1.50. The lowest BCUT2D eigenvalue weighted by Crippen LogP contribution is -2.45. The standard InChI is InChI=1S/C13H26N2O3/c1-9(2)6-7-14-12(16)11(4)15(5)8-10(3)13(17)18/h9-11H,6-8H2,1-5H3,(H,14,16)(H,17,18). The van der Waals surface area contributed by atoms with E-state index in [4.69, 9.17) is 5.11 Å². The number of nitrogens with one attached hydrogen (secondary N) is 1. The minimum absolute atomic E-state index is 0.0456. The van der Waals surface area contributed by atoms with Gasteiger partial charge in [0.2, 0.25) is 5.91 Å². The maximum atomic E-state index is 11.8. The highest BCUT2D eigenvalue weighted by Crippen LogP contribution is 2.03. The third-order valence-corrected chi connectivity index (χ3v) is 3.04. The average molecular weight is 258 g/mol. The molecule has 0 aliphatic rings. The topological polar surface area (TPSA) is 69.6 Å². The van der Waals surface area contributed by atoms with Crippen molar-refractivity contribution in [3.63, 3.8) is 0 Å². The average Bonchev–Trinajstić information content (AvgIpc) is 2.26. The molecule has 0 rings (SSSR count). The molecular formula is C13H26N2O3. The van der Waals surface area contributed by atoms with Crippen molar-refractivity contribution in [1.82, 2.24) is 10.2 Å². The van der Waals surface area contributed by atoms with Crippen molar-refractivity contribution in [2.75, 3.05) is 20.1 Å². The lowest BCUT2D eigenvalue weighted by molar-refractivity contribution is -0.142. The fraction of sp³-hybridized carbons (Fsp3) is 0.846. The minimum Gasteiger partial charge on any atom is -0.481 e. The van der Waals surface area contributed by atoms with Gasteiger partial charge in [-0.15, -0.1) is 0 Å². The number of nitrogens with zero attached hydrogens (tertiary/aromatic N) is 1. The van der Waals surface area contributed by atoms with Crippen LogP contribution >= 0.6 is 0 Å². The predicted molar refractivity (Wildman–Crippen MR) is 71.4 cm³/mol. The number of carbonyl (C=O) groups excluding carboxylic acids is 1. The quantitative estimate of drug-likeness (QED) is 0.686. The Balaban J connectivity index is 4.08. The lowest BCUT2D eigenvalue weighted by Gasteiger charge is -2.25. The molecule has 2 atom stereocenters.